The van der Waals surface area contributed by atoms with Crippen molar-refractivity contribution in [2.24, 2.45) is 0 Å². The van der Waals surface area contributed by atoms with Gasteiger partial charge in [0, 0.05) is 13.1 Å². The Morgan fingerprint density at radius 1 is 1.22 bits per heavy atom. The number of imidazole rings is 1. The molecule has 5 rings (SSSR count). The minimum Gasteiger partial charge on any atom is -0.454 e. The third kappa shape index (κ3) is 2.95. The molecular formula is C20H20N4O3. The fourth-order valence-corrected chi connectivity index (χ4v) is 3.75. The second kappa shape index (κ2) is 6.50. The first-order valence-corrected chi connectivity index (χ1v) is 9.15. The molecule has 0 aliphatic carbocycles. The number of amides is 2. The number of aromatic amines is 1. The van der Waals surface area contributed by atoms with Crippen molar-refractivity contribution in [1.82, 2.24) is 20.2 Å². The summed E-state index contributed by atoms with van der Waals surface area (Å²) in [4.78, 5) is 22.7. The molecule has 2 aliphatic heterocycles. The summed E-state index contributed by atoms with van der Waals surface area (Å²) in [5.74, 6) is 2.32. The Morgan fingerprint density at radius 3 is 3.04 bits per heavy atom. The molecule has 1 atom stereocenters. The molecule has 0 saturated carbocycles. The van der Waals surface area contributed by atoms with Gasteiger partial charge in [-0.05, 0) is 42.7 Å². The SMILES string of the molecule is O=C(NCc1ccc2c(c1)OCO2)N1CCCC1c1nc2ccccc2[nH]1. The molecule has 1 fully saturated rings. The summed E-state index contributed by atoms with van der Waals surface area (Å²) < 4.78 is 10.7. The number of carbonyl (C=O) groups is 1. The van der Waals surface area contributed by atoms with Gasteiger partial charge in [0.15, 0.2) is 11.5 Å². The first kappa shape index (κ1) is 16.0. The van der Waals surface area contributed by atoms with Crippen molar-refractivity contribution < 1.29 is 14.3 Å². The monoisotopic (exact) mass is 364 g/mol. The van der Waals surface area contributed by atoms with E-state index in [-0.39, 0.29) is 18.9 Å². The fourth-order valence-electron chi connectivity index (χ4n) is 3.75. The van der Waals surface area contributed by atoms with E-state index >= 15 is 0 Å². The molecular weight excluding hydrogens is 344 g/mol. The Bertz CT molecular complexity index is 967. The minimum atomic E-state index is -0.0735. The maximum absolute atomic E-state index is 12.8. The molecule has 2 amide bonds. The van der Waals surface area contributed by atoms with Crippen molar-refractivity contribution in [2.45, 2.75) is 25.4 Å². The van der Waals surface area contributed by atoms with Gasteiger partial charge >= 0.3 is 6.03 Å². The summed E-state index contributed by atoms with van der Waals surface area (Å²) >= 11 is 0. The summed E-state index contributed by atoms with van der Waals surface area (Å²) in [5, 5.41) is 3.01. The Morgan fingerprint density at radius 2 is 2.11 bits per heavy atom. The van der Waals surface area contributed by atoms with Gasteiger partial charge in [-0.25, -0.2) is 9.78 Å². The van der Waals surface area contributed by atoms with E-state index in [9.17, 15) is 4.79 Å². The van der Waals surface area contributed by atoms with Crippen LogP contribution in [0.5, 0.6) is 11.5 Å². The number of ether oxygens (including phenoxy) is 2. The van der Waals surface area contributed by atoms with Gasteiger partial charge in [-0.1, -0.05) is 18.2 Å². The molecule has 2 aromatic carbocycles. The summed E-state index contributed by atoms with van der Waals surface area (Å²) in [6.45, 7) is 1.42. The van der Waals surface area contributed by atoms with Crippen LogP contribution in [0.1, 0.15) is 30.3 Å². The van der Waals surface area contributed by atoms with Crippen LogP contribution in [0.3, 0.4) is 0 Å². The lowest BCUT2D eigenvalue weighted by molar-refractivity contribution is 0.174. The van der Waals surface area contributed by atoms with E-state index in [1.165, 1.54) is 0 Å². The lowest BCUT2D eigenvalue weighted by Gasteiger charge is -2.23. The Balaban J connectivity index is 1.29. The lowest BCUT2D eigenvalue weighted by atomic mass is 10.2. The van der Waals surface area contributed by atoms with Gasteiger partial charge in [0.05, 0.1) is 17.1 Å². The molecule has 1 aromatic heterocycles. The number of benzene rings is 2. The van der Waals surface area contributed by atoms with Gasteiger partial charge in [0.2, 0.25) is 6.79 Å². The number of aromatic nitrogens is 2. The van der Waals surface area contributed by atoms with E-state index in [4.69, 9.17) is 9.47 Å². The molecule has 3 heterocycles. The number of fused-ring (bicyclic) bond motifs is 2. The number of hydrogen-bond donors (Lipinski definition) is 2. The molecule has 2 aliphatic rings. The smallest absolute Gasteiger partial charge is 0.318 e. The average molecular weight is 364 g/mol. The summed E-state index contributed by atoms with van der Waals surface area (Å²) in [5.41, 5.74) is 2.91. The van der Waals surface area contributed by atoms with Crippen LogP contribution in [-0.4, -0.2) is 34.2 Å². The van der Waals surface area contributed by atoms with Crippen LogP contribution in [0.4, 0.5) is 4.79 Å². The molecule has 0 radical (unpaired) electrons. The second-order valence-corrected chi connectivity index (χ2v) is 6.84. The summed E-state index contributed by atoms with van der Waals surface area (Å²) in [6, 6.07) is 13.6. The highest BCUT2D eigenvalue weighted by atomic mass is 16.7. The third-order valence-electron chi connectivity index (χ3n) is 5.12. The number of rotatable bonds is 3. The first-order valence-electron chi connectivity index (χ1n) is 9.15. The van der Waals surface area contributed by atoms with Crippen molar-refractivity contribution in [2.75, 3.05) is 13.3 Å². The predicted octanol–water partition coefficient (Wildman–Crippen LogP) is 3.34. The number of para-hydroxylation sites is 2. The number of H-pyrrole nitrogens is 1. The summed E-state index contributed by atoms with van der Waals surface area (Å²) in [7, 11) is 0. The highest BCUT2D eigenvalue weighted by Gasteiger charge is 2.32. The average Bonchev–Trinajstić information content (AvgIpc) is 3.43. The van der Waals surface area contributed by atoms with Crippen molar-refractivity contribution in [3.8, 4) is 11.5 Å². The number of carbonyl (C=O) groups excluding carboxylic acids is 1. The molecule has 1 unspecified atom stereocenters. The topological polar surface area (TPSA) is 79.5 Å². The van der Waals surface area contributed by atoms with Gasteiger partial charge < -0.3 is 24.7 Å². The summed E-state index contributed by atoms with van der Waals surface area (Å²) in [6.07, 6.45) is 1.89. The second-order valence-electron chi connectivity index (χ2n) is 6.84. The standard InChI is InChI=1S/C20H20N4O3/c25-20(21-11-13-7-8-17-18(10-13)27-12-26-17)24-9-3-6-16(24)19-22-14-4-1-2-5-15(14)23-19/h1-2,4-5,7-8,10,16H,3,6,9,11-12H2,(H,21,25)(H,22,23). The van der Waals surface area contributed by atoms with Crippen LogP contribution in [0.25, 0.3) is 11.0 Å². The van der Waals surface area contributed by atoms with E-state index in [1.807, 2.05) is 47.4 Å². The third-order valence-corrected chi connectivity index (χ3v) is 5.12. The molecule has 7 nitrogen and oxygen atoms in total. The van der Waals surface area contributed by atoms with Gasteiger partial charge in [-0.3, -0.25) is 0 Å². The van der Waals surface area contributed by atoms with Crippen molar-refractivity contribution in [3.63, 3.8) is 0 Å². The van der Waals surface area contributed by atoms with E-state index in [1.54, 1.807) is 0 Å². The Hall–Kier alpha value is -3.22. The van der Waals surface area contributed by atoms with Crippen molar-refractivity contribution in [1.29, 1.82) is 0 Å². The van der Waals surface area contributed by atoms with E-state index in [2.05, 4.69) is 15.3 Å². The molecule has 138 valence electrons. The number of hydrogen-bond acceptors (Lipinski definition) is 4. The Labute approximate surface area is 156 Å². The Kier molecular flexibility index (Phi) is 3.85. The molecule has 0 bridgehead atoms. The molecule has 2 N–H and O–H groups in total. The molecule has 0 spiro atoms. The zero-order chi connectivity index (χ0) is 18.2. The zero-order valence-corrected chi connectivity index (χ0v) is 14.8. The quantitative estimate of drug-likeness (QED) is 0.747. The fraction of sp³-hybridized carbons (Fsp3) is 0.300. The first-order chi connectivity index (χ1) is 13.3. The number of urea groups is 1. The lowest BCUT2D eigenvalue weighted by Crippen LogP contribution is -2.39. The molecule has 3 aromatic rings. The van der Waals surface area contributed by atoms with Crippen LogP contribution < -0.4 is 14.8 Å². The number of nitrogens with zero attached hydrogens (tertiary/aromatic N) is 2. The van der Waals surface area contributed by atoms with E-state index < -0.39 is 0 Å². The normalized spacial score (nSPS) is 18.2. The highest BCUT2D eigenvalue weighted by Crippen LogP contribution is 2.33. The zero-order valence-electron chi connectivity index (χ0n) is 14.8. The van der Waals surface area contributed by atoms with E-state index in [0.717, 1.165) is 53.3 Å². The molecule has 1 saturated heterocycles. The van der Waals surface area contributed by atoms with Gasteiger partial charge in [0.25, 0.3) is 0 Å². The van der Waals surface area contributed by atoms with Crippen LogP contribution >= 0.6 is 0 Å². The van der Waals surface area contributed by atoms with Gasteiger partial charge in [-0.15, -0.1) is 0 Å². The van der Waals surface area contributed by atoms with Gasteiger partial charge in [0.1, 0.15) is 5.82 Å². The van der Waals surface area contributed by atoms with Crippen LogP contribution in [0.2, 0.25) is 0 Å². The van der Waals surface area contributed by atoms with E-state index in [0.29, 0.717) is 6.54 Å². The van der Waals surface area contributed by atoms with Gasteiger partial charge in [-0.2, -0.15) is 0 Å². The number of likely N-dealkylation sites (tertiary alicyclic amines) is 1. The van der Waals surface area contributed by atoms with Crippen molar-refractivity contribution >= 4 is 17.1 Å². The number of nitrogens with one attached hydrogen (secondary N) is 2. The van der Waals surface area contributed by atoms with Crippen LogP contribution in [0.15, 0.2) is 42.5 Å². The predicted molar refractivity (Wildman–Crippen MR) is 99.6 cm³/mol. The van der Waals surface area contributed by atoms with Crippen molar-refractivity contribution in [3.05, 3.63) is 53.9 Å². The molecule has 27 heavy (non-hydrogen) atoms. The minimum absolute atomic E-state index is 0.0193. The molecule has 7 heteroatoms. The highest BCUT2D eigenvalue weighted by molar-refractivity contribution is 5.77. The van der Waals surface area contributed by atoms with Crippen LogP contribution in [-0.2, 0) is 6.54 Å². The largest absolute Gasteiger partial charge is 0.454 e. The maximum Gasteiger partial charge on any atom is 0.318 e. The van der Waals surface area contributed by atoms with Crippen LogP contribution in [0, 0.1) is 0 Å². The maximum atomic E-state index is 12.8.